The number of nitrogens with zero attached hydrogens (tertiary/aromatic N) is 2. The molecule has 2 N–H and O–H groups in total. The van der Waals surface area contributed by atoms with Crippen LogP contribution < -0.4 is 4.72 Å². The lowest BCUT2D eigenvalue weighted by atomic mass is 10.2. The summed E-state index contributed by atoms with van der Waals surface area (Å²) in [5.74, 6) is -0.101. The Kier molecular flexibility index (Phi) is 3.83. The maximum atomic E-state index is 11.6. The molecule has 0 aliphatic carbocycles. The Hall–Kier alpha value is -0.920. The smallest absolute Gasteiger partial charge is 0.243 e. The Bertz CT molecular complexity index is 413. The first-order chi connectivity index (χ1) is 6.95. The van der Waals surface area contributed by atoms with Gasteiger partial charge >= 0.3 is 0 Å². The minimum Gasteiger partial charge on any atom is -0.396 e. The maximum absolute atomic E-state index is 11.6. The van der Waals surface area contributed by atoms with Gasteiger partial charge in [-0.15, -0.1) is 0 Å². The highest BCUT2D eigenvalue weighted by Gasteiger charge is 2.16. The molecule has 1 heterocycles. The molecule has 1 aromatic heterocycles. The van der Waals surface area contributed by atoms with Crippen LogP contribution in [-0.4, -0.2) is 36.5 Å². The summed E-state index contributed by atoms with van der Waals surface area (Å²) in [5, 5.41) is 12.5. The zero-order chi connectivity index (χ0) is 11.5. The molecule has 0 aromatic carbocycles. The van der Waals surface area contributed by atoms with Crippen molar-refractivity contribution in [2.24, 2.45) is 13.0 Å². The number of aryl methyl sites for hydroxylation is 1. The van der Waals surface area contributed by atoms with E-state index in [2.05, 4.69) is 9.82 Å². The van der Waals surface area contributed by atoms with E-state index >= 15 is 0 Å². The van der Waals surface area contributed by atoms with Crippen LogP contribution in [0.15, 0.2) is 17.3 Å². The summed E-state index contributed by atoms with van der Waals surface area (Å²) in [6.07, 6.45) is 2.71. The zero-order valence-corrected chi connectivity index (χ0v) is 9.53. The number of aliphatic hydroxyl groups excluding tert-OH is 1. The Balaban J connectivity index is 2.68. The van der Waals surface area contributed by atoms with Crippen molar-refractivity contribution in [1.82, 2.24) is 14.5 Å². The molecule has 1 atom stereocenters. The molecule has 0 saturated heterocycles. The van der Waals surface area contributed by atoms with Gasteiger partial charge in [0.25, 0.3) is 0 Å². The lowest BCUT2D eigenvalue weighted by Gasteiger charge is -2.08. The molecule has 86 valence electrons. The number of hydrogen-bond acceptors (Lipinski definition) is 4. The van der Waals surface area contributed by atoms with Gasteiger partial charge in [-0.2, -0.15) is 5.10 Å². The highest BCUT2D eigenvalue weighted by atomic mass is 32.2. The number of sulfonamides is 1. The minimum atomic E-state index is -3.49. The first-order valence-electron chi connectivity index (χ1n) is 4.55. The molecule has 7 heteroatoms. The quantitative estimate of drug-likeness (QED) is 0.706. The summed E-state index contributed by atoms with van der Waals surface area (Å²) >= 11 is 0. The van der Waals surface area contributed by atoms with E-state index in [-0.39, 0.29) is 24.0 Å². The van der Waals surface area contributed by atoms with Gasteiger partial charge in [0.1, 0.15) is 4.90 Å². The van der Waals surface area contributed by atoms with E-state index in [4.69, 9.17) is 5.11 Å². The number of hydrogen-bond donors (Lipinski definition) is 2. The van der Waals surface area contributed by atoms with Gasteiger partial charge in [0, 0.05) is 26.4 Å². The number of rotatable bonds is 5. The van der Waals surface area contributed by atoms with Gasteiger partial charge in [-0.05, 0) is 5.92 Å². The highest BCUT2D eigenvalue weighted by Crippen LogP contribution is 2.06. The van der Waals surface area contributed by atoms with Crippen LogP contribution in [-0.2, 0) is 17.1 Å². The van der Waals surface area contributed by atoms with Gasteiger partial charge in [-0.1, -0.05) is 6.92 Å². The van der Waals surface area contributed by atoms with Crippen molar-refractivity contribution in [3.05, 3.63) is 12.4 Å². The molecule has 0 aliphatic rings. The standard InChI is InChI=1S/C8H15N3O3S/c1-7(6-12)3-10-15(13,14)8-4-9-11(2)5-8/h4-5,7,10,12H,3,6H2,1-2H3. The van der Waals surface area contributed by atoms with Crippen molar-refractivity contribution < 1.29 is 13.5 Å². The molecule has 1 rings (SSSR count). The van der Waals surface area contributed by atoms with Gasteiger partial charge in [0.15, 0.2) is 0 Å². The van der Waals surface area contributed by atoms with Crippen LogP contribution in [0, 0.1) is 5.92 Å². The third-order valence-electron chi connectivity index (χ3n) is 1.92. The molecular weight excluding hydrogens is 218 g/mol. The van der Waals surface area contributed by atoms with E-state index < -0.39 is 10.0 Å². The average molecular weight is 233 g/mol. The monoisotopic (exact) mass is 233 g/mol. The molecule has 0 aliphatic heterocycles. The summed E-state index contributed by atoms with van der Waals surface area (Å²) in [5.41, 5.74) is 0. The zero-order valence-electron chi connectivity index (χ0n) is 8.71. The summed E-state index contributed by atoms with van der Waals surface area (Å²) in [4.78, 5) is 0.134. The molecule has 0 bridgehead atoms. The summed E-state index contributed by atoms with van der Waals surface area (Å²) in [6, 6.07) is 0. The maximum Gasteiger partial charge on any atom is 0.243 e. The van der Waals surface area contributed by atoms with Gasteiger partial charge in [0.2, 0.25) is 10.0 Å². The predicted octanol–water partition coefficient (Wildman–Crippen LogP) is -0.673. The fraction of sp³-hybridized carbons (Fsp3) is 0.625. The summed E-state index contributed by atoms with van der Waals surface area (Å²) in [7, 11) is -1.84. The Morgan fingerprint density at radius 2 is 2.33 bits per heavy atom. The van der Waals surface area contributed by atoms with E-state index in [0.717, 1.165) is 0 Å². The molecule has 0 radical (unpaired) electrons. The number of aromatic nitrogens is 2. The van der Waals surface area contributed by atoms with E-state index in [9.17, 15) is 8.42 Å². The van der Waals surface area contributed by atoms with E-state index in [1.54, 1.807) is 14.0 Å². The van der Waals surface area contributed by atoms with Crippen LogP contribution in [0.5, 0.6) is 0 Å². The Morgan fingerprint density at radius 3 is 2.80 bits per heavy atom. The normalized spacial score (nSPS) is 14.1. The van der Waals surface area contributed by atoms with Crippen LogP contribution in [0.4, 0.5) is 0 Å². The topological polar surface area (TPSA) is 84.2 Å². The van der Waals surface area contributed by atoms with Crippen molar-refractivity contribution in [2.45, 2.75) is 11.8 Å². The van der Waals surface area contributed by atoms with Crippen molar-refractivity contribution in [1.29, 1.82) is 0 Å². The van der Waals surface area contributed by atoms with Gasteiger partial charge in [-0.3, -0.25) is 4.68 Å². The second-order valence-electron chi connectivity index (χ2n) is 3.49. The Morgan fingerprint density at radius 1 is 1.67 bits per heavy atom. The SMILES string of the molecule is CC(CO)CNS(=O)(=O)c1cnn(C)c1. The molecule has 0 amide bonds. The van der Waals surface area contributed by atoms with Crippen LogP contribution in [0.3, 0.4) is 0 Å². The Labute approximate surface area is 89.0 Å². The van der Waals surface area contributed by atoms with E-state index in [1.807, 2.05) is 0 Å². The largest absolute Gasteiger partial charge is 0.396 e. The molecule has 0 saturated carbocycles. The molecule has 6 nitrogen and oxygen atoms in total. The highest BCUT2D eigenvalue weighted by molar-refractivity contribution is 7.89. The summed E-state index contributed by atoms with van der Waals surface area (Å²) < 4.78 is 27.1. The molecule has 1 aromatic rings. The molecule has 0 spiro atoms. The lowest BCUT2D eigenvalue weighted by Crippen LogP contribution is -2.29. The van der Waals surface area contributed by atoms with Crippen LogP contribution in [0.2, 0.25) is 0 Å². The van der Waals surface area contributed by atoms with E-state index in [1.165, 1.54) is 17.1 Å². The molecule has 1 unspecified atom stereocenters. The average Bonchev–Trinajstić information content (AvgIpc) is 2.62. The summed E-state index contributed by atoms with van der Waals surface area (Å²) in [6.45, 7) is 1.93. The fourth-order valence-electron chi connectivity index (χ4n) is 0.937. The third-order valence-corrected chi connectivity index (χ3v) is 3.30. The van der Waals surface area contributed by atoms with Gasteiger partial charge in [-0.25, -0.2) is 13.1 Å². The van der Waals surface area contributed by atoms with Crippen molar-refractivity contribution >= 4 is 10.0 Å². The van der Waals surface area contributed by atoms with E-state index in [0.29, 0.717) is 0 Å². The molecule has 0 fully saturated rings. The van der Waals surface area contributed by atoms with Crippen molar-refractivity contribution in [3.63, 3.8) is 0 Å². The second-order valence-corrected chi connectivity index (χ2v) is 5.26. The molecular formula is C8H15N3O3S. The van der Waals surface area contributed by atoms with Crippen LogP contribution in [0.1, 0.15) is 6.92 Å². The lowest BCUT2D eigenvalue weighted by molar-refractivity contribution is 0.238. The first-order valence-corrected chi connectivity index (χ1v) is 6.03. The number of nitrogens with one attached hydrogen (secondary N) is 1. The van der Waals surface area contributed by atoms with Crippen molar-refractivity contribution in [3.8, 4) is 0 Å². The first kappa shape index (κ1) is 12.2. The second kappa shape index (κ2) is 4.73. The van der Waals surface area contributed by atoms with Crippen LogP contribution in [0.25, 0.3) is 0 Å². The van der Waals surface area contributed by atoms with Crippen LogP contribution >= 0.6 is 0 Å². The molecule has 15 heavy (non-hydrogen) atoms. The number of aliphatic hydroxyl groups is 1. The minimum absolute atomic E-state index is 0.0461. The fourth-order valence-corrected chi connectivity index (χ4v) is 2.09. The van der Waals surface area contributed by atoms with Crippen molar-refractivity contribution in [2.75, 3.05) is 13.2 Å². The van der Waals surface area contributed by atoms with Gasteiger partial charge < -0.3 is 5.11 Å². The third kappa shape index (κ3) is 3.29. The van der Waals surface area contributed by atoms with Gasteiger partial charge in [0.05, 0.1) is 6.20 Å². The predicted molar refractivity (Wildman–Crippen MR) is 54.6 cm³/mol.